The van der Waals surface area contributed by atoms with Crippen molar-refractivity contribution in [1.82, 2.24) is 4.98 Å². The SMILES string of the molecule is CCN(c1cc(Br)cc(C(=O)CCc2c(C)cc(C)nc2N)c1)C1CCOCC1. The van der Waals surface area contributed by atoms with Crippen LogP contribution in [-0.2, 0) is 11.2 Å². The summed E-state index contributed by atoms with van der Waals surface area (Å²) in [4.78, 5) is 19.7. The highest BCUT2D eigenvalue weighted by Gasteiger charge is 2.22. The minimum Gasteiger partial charge on any atom is -0.383 e. The molecule has 0 amide bonds. The van der Waals surface area contributed by atoms with Gasteiger partial charge in [-0.3, -0.25) is 4.79 Å². The van der Waals surface area contributed by atoms with Crippen LogP contribution in [0.1, 0.15) is 53.4 Å². The summed E-state index contributed by atoms with van der Waals surface area (Å²) in [5.41, 5.74) is 10.9. The van der Waals surface area contributed by atoms with Gasteiger partial charge in [-0.2, -0.15) is 0 Å². The second kappa shape index (κ2) is 9.72. The zero-order valence-electron chi connectivity index (χ0n) is 17.5. The van der Waals surface area contributed by atoms with Crippen LogP contribution in [0, 0.1) is 13.8 Å². The number of rotatable bonds is 7. The molecule has 0 spiro atoms. The van der Waals surface area contributed by atoms with E-state index in [4.69, 9.17) is 10.5 Å². The molecule has 29 heavy (non-hydrogen) atoms. The first kappa shape index (κ1) is 21.8. The number of ether oxygens (including phenoxy) is 1. The summed E-state index contributed by atoms with van der Waals surface area (Å²) in [5, 5.41) is 0. The molecule has 1 aromatic heterocycles. The average molecular weight is 460 g/mol. The number of hydrogen-bond acceptors (Lipinski definition) is 5. The van der Waals surface area contributed by atoms with Crippen molar-refractivity contribution in [3.05, 3.63) is 51.1 Å². The number of anilines is 2. The number of halogens is 1. The Balaban J connectivity index is 1.77. The standard InChI is InChI=1S/C23H30BrN3O2/c1-4-27(19-7-9-29-10-8-19)20-13-17(12-18(24)14-20)22(28)6-5-21-15(2)11-16(3)26-23(21)25/h11-14,19H,4-10H2,1-3H3,(H2,25,26). The number of carbonyl (C=O) groups is 1. The summed E-state index contributed by atoms with van der Waals surface area (Å²) in [6.45, 7) is 8.61. The Bertz CT molecular complexity index is 855. The van der Waals surface area contributed by atoms with Crippen molar-refractivity contribution in [3.63, 3.8) is 0 Å². The number of aryl methyl sites for hydroxylation is 2. The number of nitrogens with two attached hydrogens (primary N) is 1. The normalized spacial score (nSPS) is 14.8. The van der Waals surface area contributed by atoms with Crippen molar-refractivity contribution < 1.29 is 9.53 Å². The van der Waals surface area contributed by atoms with Crippen LogP contribution in [0.5, 0.6) is 0 Å². The molecule has 6 heteroatoms. The summed E-state index contributed by atoms with van der Waals surface area (Å²) < 4.78 is 6.44. The number of carbonyl (C=O) groups excluding carboxylic acids is 1. The van der Waals surface area contributed by atoms with E-state index in [-0.39, 0.29) is 5.78 Å². The highest BCUT2D eigenvalue weighted by Crippen LogP contribution is 2.28. The van der Waals surface area contributed by atoms with Crippen LogP contribution in [0.2, 0.25) is 0 Å². The minimum absolute atomic E-state index is 0.120. The van der Waals surface area contributed by atoms with Gasteiger partial charge in [0, 0.05) is 53.6 Å². The molecule has 1 aromatic carbocycles. The predicted molar refractivity (Wildman–Crippen MR) is 122 cm³/mol. The first-order chi connectivity index (χ1) is 13.9. The van der Waals surface area contributed by atoms with E-state index in [9.17, 15) is 4.79 Å². The largest absolute Gasteiger partial charge is 0.383 e. The third kappa shape index (κ3) is 5.37. The number of Topliss-reactive ketones (excluding diaryl/α,β-unsaturated/α-hetero) is 1. The molecule has 2 aromatic rings. The van der Waals surface area contributed by atoms with E-state index in [0.29, 0.717) is 24.7 Å². The summed E-state index contributed by atoms with van der Waals surface area (Å²) in [5.74, 6) is 0.650. The van der Waals surface area contributed by atoms with Gasteiger partial charge in [0.25, 0.3) is 0 Å². The molecule has 0 bridgehead atoms. The van der Waals surface area contributed by atoms with Gasteiger partial charge >= 0.3 is 0 Å². The van der Waals surface area contributed by atoms with Gasteiger partial charge in [0.1, 0.15) is 5.82 Å². The Kier molecular flexibility index (Phi) is 7.30. The molecule has 5 nitrogen and oxygen atoms in total. The van der Waals surface area contributed by atoms with Crippen molar-refractivity contribution in [2.45, 2.75) is 52.5 Å². The van der Waals surface area contributed by atoms with Gasteiger partial charge in [0.15, 0.2) is 5.78 Å². The topological polar surface area (TPSA) is 68.5 Å². The van der Waals surface area contributed by atoms with Gasteiger partial charge in [-0.25, -0.2) is 4.98 Å². The number of benzene rings is 1. The van der Waals surface area contributed by atoms with Crippen LogP contribution in [0.3, 0.4) is 0 Å². The number of nitrogens with zero attached hydrogens (tertiary/aromatic N) is 2. The van der Waals surface area contributed by atoms with E-state index in [0.717, 1.165) is 65.1 Å². The smallest absolute Gasteiger partial charge is 0.163 e. The quantitative estimate of drug-likeness (QED) is 0.598. The fourth-order valence-corrected chi connectivity index (χ4v) is 4.63. The molecule has 1 aliphatic rings. The molecule has 2 N–H and O–H groups in total. The third-order valence-electron chi connectivity index (χ3n) is 5.62. The van der Waals surface area contributed by atoms with Gasteiger partial charge in [-0.05, 0) is 75.4 Å². The molecular weight excluding hydrogens is 430 g/mol. The Hall–Kier alpha value is -1.92. The lowest BCUT2D eigenvalue weighted by Crippen LogP contribution is -2.39. The molecular formula is C23H30BrN3O2. The van der Waals surface area contributed by atoms with Gasteiger partial charge in [0.2, 0.25) is 0 Å². The predicted octanol–water partition coefficient (Wildman–Crippen LogP) is 4.86. The maximum Gasteiger partial charge on any atom is 0.163 e. The van der Waals surface area contributed by atoms with E-state index in [1.165, 1.54) is 0 Å². The Morgan fingerprint density at radius 3 is 2.62 bits per heavy atom. The molecule has 3 rings (SSSR count). The number of hydrogen-bond donors (Lipinski definition) is 1. The molecule has 0 atom stereocenters. The lowest BCUT2D eigenvalue weighted by Gasteiger charge is -2.35. The molecule has 0 saturated carbocycles. The lowest BCUT2D eigenvalue weighted by molar-refractivity contribution is 0.0846. The van der Waals surface area contributed by atoms with Gasteiger partial charge in [0.05, 0.1) is 0 Å². The number of nitrogen functional groups attached to an aromatic ring is 1. The number of aromatic nitrogens is 1. The maximum atomic E-state index is 13.0. The summed E-state index contributed by atoms with van der Waals surface area (Å²) in [6.07, 6.45) is 3.05. The lowest BCUT2D eigenvalue weighted by atomic mass is 9.99. The summed E-state index contributed by atoms with van der Waals surface area (Å²) >= 11 is 3.60. The van der Waals surface area contributed by atoms with Crippen molar-refractivity contribution in [3.8, 4) is 0 Å². The van der Waals surface area contributed by atoms with Crippen LogP contribution in [0.4, 0.5) is 11.5 Å². The molecule has 1 saturated heterocycles. The highest BCUT2D eigenvalue weighted by molar-refractivity contribution is 9.10. The fourth-order valence-electron chi connectivity index (χ4n) is 4.15. The van der Waals surface area contributed by atoms with Gasteiger partial charge in [-0.15, -0.1) is 0 Å². The Morgan fingerprint density at radius 2 is 1.97 bits per heavy atom. The van der Waals surface area contributed by atoms with Crippen molar-refractivity contribution in [2.24, 2.45) is 0 Å². The van der Waals surface area contributed by atoms with Crippen molar-refractivity contribution >= 4 is 33.2 Å². The van der Waals surface area contributed by atoms with Crippen LogP contribution in [0.15, 0.2) is 28.7 Å². The summed E-state index contributed by atoms with van der Waals surface area (Å²) in [7, 11) is 0. The van der Waals surface area contributed by atoms with E-state index in [1.54, 1.807) is 0 Å². The van der Waals surface area contributed by atoms with E-state index in [1.807, 2.05) is 32.0 Å². The van der Waals surface area contributed by atoms with Crippen LogP contribution in [0.25, 0.3) is 0 Å². The fraction of sp³-hybridized carbons (Fsp3) is 0.478. The van der Waals surface area contributed by atoms with Crippen LogP contribution < -0.4 is 10.6 Å². The Morgan fingerprint density at radius 1 is 1.24 bits per heavy atom. The first-order valence-corrected chi connectivity index (χ1v) is 11.1. The van der Waals surface area contributed by atoms with Gasteiger partial charge < -0.3 is 15.4 Å². The van der Waals surface area contributed by atoms with Crippen LogP contribution >= 0.6 is 15.9 Å². The highest BCUT2D eigenvalue weighted by atomic mass is 79.9. The second-order valence-corrected chi connectivity index (χ2v) is 8.61. The van der Waals surface area contributed by atoms with Gasteiger partial charge in [-0.1, -0.05) is 15.9 Å². The molecule has 1 aliphatic heterocycles. The summed E-state index contributed by atoms with van der Waals surface area (Å²) in [6, 6.07) is 8.50. The maximum absolute atomic E-state index is 13.0. The second-order valence-electron chi connectivity index (χ2n) is 7.70. The van der Waals surface area contributed by atoms with Crippen molar-refractivity contribution in [1.29, 1.82) is 0 Å². The molecule has 2 heterocycles. The molecule has 0 aliphatic carbocycles. The van der Waals surface area contributed by atoms with E-state index in [2.05, 4.69) is 38.8 Å². The number of ketones is 1. The number of pyridine rings is 1. The average Bonchev–Trinajstić information content (AvgIpc) is 2.68. The molecule has 1 fully saturated rings. The molecule has 156 valence electrons. The minimum atomic E-state index is 0.120. The monoisotopic (exact) mass is 459 g/mol. The zero-order valence-corrected chi connectivity index (χ0v) is 19.1. The van der Waals surface area contributed by atoms with E-state index < -0.39 is 0 Å². The van der Waals surface area contributed by atoms with E-state index >= 15 is 0 Å². The zero-order chi connectivity index (χ0) is 21.0. The molecule has 0 radical (unpaired) electrons. The molecule has 0 unspecified atom stereocenters. The van der Waals surface area contributed by atoms with Crippen molar-refractivity contribution in [2.75, 3.05) is 30.4 Å². The Labute approximate surface area is 181 Å². The third-order valence-corrected chi connectivity index (χ3v) is 6.08. The first-order valence-electron chi connectivity index (χ1n) is 10.3. The van der Waals surface area contributed by atoms with Crippen LogP contribution in [-0.4, -0.2) is 36.6 Å².